The Morgan fingerprint density at radius 1 is 0.857 bits per heavy atom. The second-order valence-corrected chi connectivity index (χ2v) is 17.3. The van der Waals surface area contributed by atoms with Crippen molar-refractivity contribution in [1.29, 1.82) is 0 Å². The van der Waals surface area contributed by atoms with Crippen molar-refractivity contribution in [2.45, 2.75) is 48.7 Å². The molecular weight excluding hydrogens is 472 g/mol. The molecule has 0 heterocycles. The molecule has 0 aliphatic carbocycles. The molecule has 35 heavy (non-hydrogen) atoms. The fourth-order valence-corrected chi connectivity index (χ4v) is 9.31. The zero-order valence-corrected chi connectivity index (χ0v) is 22.9. The monoisotopic (exact) mass is 506 g/mol. The van der Waals surface area contributed by atoms with Crippen LogP contribution in [0.1, 0.15) is 27.4 Å². The summed E-state index contributed by atoms with van der Waals surface area (Å²) in [5.41, 5.74) is 2.34. The molecule has 0 radical (unpaired) electrons. The average molecular weight is 507 g/mol. The van der Waals surface area contributed by atoms with Gasteiger partial charge in [-0.1, -0.05) is 98.0 Å². The maximum atomic E-state index is 14.2. The van der Waals surface area contributed by atoms with Crippen molar-refractivity contribution in [2.75, 3.05) is 7.11 Å². The summed E-state index contributed by atoms with van der Waals surface area (Å²) in [6, 6.07) is 26.7. The lowest BCUT2D eigenvalue weighted by atomic mass is 9.79. The number of rotatable bonds is 10. The summed E-state index contributed by atoms with van der Waals surface area (Å²) >= 11 is 0. The summed E-state index contributed by atoms with van der Waals surface area (Å²) < 4.78 is 19.4. The molecule has 0 bridgehead atoms. The molecule has 3 aromatic carbocycles. The molecule has 0 N–H and O–H groups in total. The van der Waals surface area contributed by atoms with Crippen molar-refractivity contribution in [3.63, 3.8) is 0 Å². The van der Waals surface area contributed by atoms with E-state index in [1.807, 2.05) is 67.6 Å². The standard InChI is InChI=1S/C29H34O4SSi/c1-21-16-18-24(19-17-21)34(32)25(20-35(3,4)5)26(22-12-8-6-9-13-22)27(29(31)33-2)28(30)23-14-10-7-11-15-23/h6-19,25-27H,20H2,1-5H3/t25-,26+,27+,34-/m0/s1. The van der Waals surface area contributed by atoms with Crippen molar-refractivity contribution in [1.82, 2.24) is 0 Å². The highest BCUT2D eigenvalue weighted by atomic mass is 32.2. The average Bonchev–Trinajstić information content (AvgIpc) is 2.86. The minimum Gasteiger partial charge on any atom is -0.468 e. The van der Waals surface area contributed by atoms with Gasteiger partial charge in [-0.15, -0.1) is 0 Å². The Morgan fingerprint density at radius 2 is 1.40 bits per heavy atom. The molecule has 6 heteroatoms. The molecule has 0 spiro atoms. The van der Waals surface area contributed by atoms with Gasteiger partial charge in [-0.2, -0.15) is 0 Å². The molecule has 0 saturated carbocycles. The number of aryl methyl sites for hydroxylation is 1. The minimum atomic E-state index is -1.78. The van der Waals surface area contributed by atoms with Crippen LogP contribution in [0, 0.1) is 12.8 Å². The predicted octanol–water partition coefficient (Wildman–Crippen LogP) is 6.27. The molecule has 0 aliphatic rings. The Hall–Kier alpha value is -2.83. The van der Waals surface area contributed by atoms with E-state index in [2.05, 4.69) is 19.6 Å². The van der Waals surface area contributed by atoms with Gasteiger partial charge in [-0.05, 0) is 30.7 Å². The lowest BCUT2D eigenvalue weighted by Gasteiger charge is -2.35. The van der Waals surface area contributed by atoms with Gasteiger partial charge in [0.15, 0.2) is 5.78 Å². The Morgan fingerprint density at radius 3 is 1.91 bits per heavy atom. The van der Waals surface area contributed by atoms with Crippen LogP contribution in [0.4, 0.5) is 0 Å². The molecule has 0 amide bonds. The van der Waals surface area contributed by atoms with Crippen LogP contribution >= 0.6 is 0 Å². The number of ether oxygens (including phenoxy) is 1. The van der Waals surface area contributed by atoms with Gasteiger partial charge in [0.2, 0.25) is 0 Å². The zero-order chi connectivity index (χ0) is 25.6. The number of esters is 1. The molecule has 0 saturated heterocycles. The first-order valence-corrected chi connectivity index (χ1v) is 16.7. The highest BCUT2D eigenvalue weighted by Crippen LogP contribution is 2.39. The van der Waals surface area contributed by atoms with Crippen LogP contribution < -0.4 is 0 Å². The first-order chi connectivity index (χ1) is 16.6. The third kappa shape index (κ3) is 6.86. The largest absolute Gasteiger partial charge is 0.468 e. The fraction of sp³-hybridized carbons (Fsp3) is 0.310. The second kappa shape index (κ2) is 11.7. The number of Topliss-reactive ketones (excluding diaryl/α,β-unsaturated/α-hetero) is 1. The molecule has 0 aliphatic heterocycles. The molecular formula is C29H34O4SSi. The third-order valence-corrected chi connectivity index (χ3v) is 9.79. The van der Waals surface area contributed by atoms with E-state index in [1.165, 1.54) is 7.11 Å². The minimum absolute atomic E-state index is 0.312. The number of carbonyl (C=O) groups is 2. The molecule has 3 aromatic rings. The van der Waals surface area contributed by atoms with E-state index in [0.717, 1.165) is 11.1 Å². The molecule has 4 nitrogen and oxygen atoms in total. The lowest BCUT2D eigenvalue weighted by Crippen LogP contribution is -2.42. The van der Waals surface area contributed by atoms with Crippen LogP contribution in [-0.4, -0.2) is 36.4 Å². The first-order valence-electron chi connectivity index (χ1n) is 11.8. The Labute approximate surface area is 212 Å². The smallest absolute Gasteiger partial charge is 0.317 e. The van der Waals surface area contributed by atoms with Gasteiger partial charge in [-0.3, -0.25) is 13.8 Å². The SMILES string of the molecule is COC(=O)[C@@H](C(=O)c1ccccc1)[C@H](c1ccccc1)[C@H](C[Si](C)(C)C)[S@@](=O)c1ccc(C)cc1. The lowest BCUT2D eigenvalue weighted by molar-refractivity contribution is -0.144. The predicted molar refractivity (Wildman–Crippen MR) is 145 cm³/mol. The Balaban J connectivity index is 2.22. The fourth-order valence-electron chi connectivity index (χ4n) is 4.41. The van der Waals surface area contributed by atoms with Crippen LogP contribution in [0.25, 0.3) is 0 Å². The van der Waals surface area contributed by atoms with Crippen LogP contribution in [0.2, 0.25) is 25.7 Å². The van der Waals surface area contributed by atoms with E-state index < -0.39 is 41.9 Å². The van der Waals surface area contributed by atoms with Gasteiger partial charge in [-0.25, -0.2) is 0 Å². The van der Waals surface area contributed by atoms with Crippen molar-refractivity contribution in [2.24, 2.45) is 5.92 Å². The van der Waals surface area contributed by atoms with Crippen molar-refractivity contribution >= 4 is 30.6 Å². The van der Waals surface area contributed by atoms with E-state index in [1.54, 1.807) is 24.3 Å². The van der Waals surface area contributed by atoms with E-state index in [4.69, 9.17) is 4.74 Å². The van der Waals surface area contributed by atoms with E-state index in [9.17, 15) is 13.8 Å². The summed E-state index contributed by atoms with van der Waals surface area (Å²) in [4.78, 5) is 27.8. The summed E-state index contributed by atoms with van der Waals surface area (Å²) in [5, 5.41) is -0.441. The number of hydrogen-bond acceptors (Lipinski definition) is 4. The number of methoxy groups -OCH3 is 1. The summed E-state index contributed by atoms with van der Waals surface area (Å²) in [6.45, 7) is 8.66. The molecule has 0 fully saturated rings. The number of hydrogen-bond donors (Lipinski definition) is 0. The van der Waals surface area contributed by atoms with Gasteiger partial charge in [0, 0.05) is 29.7 Å². The maximum absolute atomic E-state index is 14.2. The van der Waals surface area contributed by atoms with Crippen LogP contribution in [0.5, 0.6) is 0 Å². The van der Waals surface area contributed by atoms with Crippen LogP contribution in [-0.2, 0) is 20.3 Å². The third-order valence-electron chi connectivity index (χ3n) is 6.08. The normalized spacial score (nSPS) is 15.0. The second-order valence-electron chi connectivity index (χ2n) is 10.1. The van der Waals surface area contributed by atoms with Crippen molar-refractivity contribution in [3.05, 3.63) is 102 Å². The number of benzene rings is 3. The molecule has 3 rings (SSSR count). The number of ketones is 1. The van der Waals surface area contributed by atoms with E-state index in [-0.39, 0.29) is 5.78 Å². The van der Waals surface area contributed by atoms with Crippen molar-refractivity contribution < 1.29 is 18.5 Å². The van der Waals surface area contributed by atoms with E-state index >= 15 is 0 Å². The highest BCUT2D eigenvalue weighted by Gasteiger charge is 2.45. The van der Waals surface area contributed by atoms with Gasteiger partial charge >= 0.3 is 5.97 Å². The topological polar surface area (TPSA) is 60.4 Å². The van der Waals surface area contributed by atoms with Gasteiger partial charge in [0.25, 0.3) is 0 Å². The summed E-state index contributed by atoms with van der Waals surface area (Å²) in [7, 11) is -1.92. The molecule has 0 aromatic heterocycles. The Kier molecular flexibility index (Phi) is 8.97. The quantitative estimate of drug-likeness (QED) is 0.141. The summed E-state index contributed by atoms with van der Waals surface area (Å²) in [6.07, 6.45) is 0. The molecule has 0 unspecified atom stereocenters. The van der Waals surface area contributed by atoms with Gasteiger partial charge < -0.3 is 4.74 Å². The molecule has 4 atom stereocenters. The zero-order valence-electron chi connectivity index (χ0n) is 21.1. The first kappa shape index (κ1) is 26.8. The maximum Gasteiger partial charge on any atom is 0.317 e. The number of carbonyl (C=O) groups excluding carboxylic acids is 2. The van der Waals surface area contributed by atoms with Crippen LogP contribution in [0.3, 0.4) is 0 Å². The van der Waals surface area contributed by atoms with Crippen LogP contribution in [0.15, 0.2) is 89.8 Å². The summed E-state index contributed by atoms with van der Waals surface area (Å²) in [5.74, 6) is -2.63. The van der Waals surface area contributed by atoms with E-state index in [0.29, 0.717) is 16.5 Å². The van der Waals surface area contributed by atoms with Crippen molar-refractivity contribution in [3.8, 4) is 0 Å². The van der Waals surface area contributed by atoms with Gasteiger partial charge in [0.05, 0.1) is 17.9 Å². The molecule has 184 valence electrons. The Bertz CT molecular complexity index is 1150. The highest BCUT2D eigenvalue weighted by molar-refractivity contribution is 7.85. The van der Waals surface area contributed by atoms with Gasteiger partial charge in [0.1, 0.15) is 5.92 Å².